The Balaban J connectivity index is 0.00000200. The van der Waals surface area contributed by atoms with Gasteiger partial charge in [0.05, 0.1) is 0 Å². The van der Waals surface area contributed by atoms with Gasteiger partial charge < -0.3 is 15.3 Å². The Morgan fingerprint density at radius 1 is 1.25 bits per heavy atom. The summed E-state index contributed by atoms with van der Waals surface area (Å²) in [5.41, 5.74) is 0. The van der Waals surface area contributed by atoms with Crippen LogP contribution in [0.3, 0.4) is 0 Å². The predicted molar refractivity (Wildman–Crippen MR) is 74.1 cm³/mol. The molecule has 2 aliphatic rings. The normalized spacial score (nSPS) is 30.6. The van der Waals surface area contributed by atoms with Crippen molar-refractivity contribution in [2.24, 2.45) is 11.8 Å². The van der Waals surface area contributed by atoms with E-state index >= 15 is 0 Å². The highest BCUT2D eigenvalue weighted by Crippen LogP contribution is 2.31. The first-order valence-electron chi connectivity index (χ1n) is 7.14. The zero-order valence-corrected chi connectivity index (χ0v) is 12.3. The molecule has 2 saturated heterocycles. The monoisotopic (exact) mass is 316 g/mol. The smallest absolute Gasteiger partial charge is 0.383 e. The molecule has 0 spiro atoms. The Morgan fingerprint density at radius 3 is 2.60 bits per heavy atom. The lowest BCUT2D eigenvalue weighted by Crippen LogP contribution is -2.48. The second-order valence-electron chi connectivity index (χ2n) is 5.86. The van der Waals surface area contributed by atoms with Gasteiger partial charge in [0.25, 0.3) is 0 Å². The molecule has 0 aromatic heterocycles. The van der Waals surface area contributed by atoms with Gasteiger partial charge in [0.15, 0.2) is 6.10 Å². The van der Waals surface area contributed by atoms with E-state index < -0.39 is 18.2 Å². The molecule has 0 radical (unpaired) electrons. The molecule has 2 rings (SSSR count). The summed E-state index contributed by atoms with van der Waals surface area (Å²) in [5.74, 6) is -0.124. The van der Waals surface area contributed by atoms with Gasteiger partial charge >= 0.3 is 6.18 Å². The topological polar surface area (TPSA) is 35.5 Å². The Labute approximate surface area is 124 Å². The van der Waals surface area contributed by atoms with Crippen molar-refractivity contribution in [1.29, 1.82) is 0 Å². The minimum atomic E-state index is -4.49. The number of nitrogens with one attached hydrogen (secondary N) is 1. The summed E-state index contributed by atoms with van der Waals surface area (Å²) in [6.07, 6.45) is -3.14. The van der Waals surface area contributed by atoms with Gasteiger partial charge in [0.2, 0.25) is 0 Å². The van der Waals surface area contributed by atoms with Crippen LogP contribution in [0.15, 0.2) is 0 Å². The van der Waals surface area contributed by atoms with Crippen LogP contribution >= 0.6 is 12.4 Å². The van der Waals surface area contributed by atoms with Gasteiger partial charge in [0, 0.05) is 19.0 Å². The summed E-state index contributed by atoms with van der Waals surface area (Å²) in [6, 6.07) is 0. The average Bonchev–Trinajstić information content (AvgIpc) is 2.38. The lowest BCUT2D eigenvalue weighted by atomic mass is 9.90. The van der Waals surface area contributed by atoms with Crippen molar-refractivity contribution >= 4 is 12.4 Å². The number of rotatable bonds is 3. The van der Waals surface area contributed by atoms with Crippen LogP contribution in [0.2, 0.25) is 0 Å². The van der Waals surface area contributed by atoms with Crippen LogP contribution in [-0.2, 0) is 0 Å². The van der Waals surface area contributed by atoms with Crippen molar-refractivity contribution in [2.75, 3.05) is 32.7 Å². The summed E-state index contributed by atoms with van der Waals surface area (Å²) in [6.45, 7) is 4.09. The zero-order valence-electron chi connectivity index (χ0n) is 11.5. The SMILES string of the molecule is Cl.OC(C1CCCN(CC2CCCNC2)C1)C(F)(F)F. The molecule has 0 bridgehead atoms. The van der Waals surface area contributed by atoms with Crippen LogP contribution in [0.25, 0.3) is 0 Å². The molecular formula is C13H24ClF3N2O. The summed E-state index contributed by atoms with van der Waals surface area (Å²) < 4.78 is 37.6. The molecule has 3 unspecified atom stereocenters. The van der Waals surface area contributed by atoms with Crippen molar-refractivity contribution in [3.8, 4) is 0 Å². The molecular weight excluding hydrogens is 293 g/mol. The third-order valence-electron chi connectivity index (χ3n) is 4.24. The van der Waals surface area contributed by atoms with Crippen LogP contribution in [0.1, 0.15) is 25.7 Å². The summed E-state index contributed by atoms with van der Waals surface area (Å²) in [5, 5.41) is 12.7. The average molecular weight is 317 g/mol. The van der Waals surface area contributed by atoms with Crippen LogP contribution in [-0.4, -0.2) is 55.0 Å². The third kappa shape index (κ3) is 5.06. The Bertz CT molecular complexity index is 285. The molecule has 0 aliphatic carbocycles. The number of aliphatic hydroxyl groups excluding tert-OH is 1. The van der Waals surface area contributed by atoms with Gasteiger partial charge in [-0.25, -0.2) is 0 Å². The van der Waals surface area contributed by atoms with Crippen LogP contribution in [0.4, 0.5) is 13.2 Å². The molecule has 7 heteroatoms. The fourth-order valence-corrected chi connectivity index (χ4v) is 3.23. The van der Waals surface area contributed by atoms with Gasteiger partial charge in [-0.2, -0.15) is 13.2 Å². The van der Waals surface area contributed by atoms with E-state index in [0.29, 0.717) is 18.9 Å². The Kier molecular flexibility index (Phi) is 7.04. The summed E-state index contributed by atoms with van der Waals surface area (Å²) >= 11 is 0. The Hall–Kier alpha value is -0.0400. The van der Waals surface area contributed by atoms with Gasteiger partial charge in [-0.1, -0.05) is 0 Å². The van der Waals surface area contributed by atoms with E-state index in [9.17, 15) is 18.3 Å². The lowest BCUT2D eigenvalue weighted by molar-refractivity contribution is -0.223. The Morgan fingerprint density at radius 2 is 2.00 bits per heavy atom. The van der Waals surface area contributed by atoms with Crippen molar-refractivity contribution in [3.05, 3.63) is 0 Å². The van der Waals surface area contributed by atoms with Gasteiger partial charge in [-0.05, 0) is 51.2 Å². The van der Waals surface area contributed by atoms with Crippen molar-refractivity contribution < 1.29 is 18.3 Å². The molecule has 2 N–H and O–H groups in total. The molecule has 2 aliphatic heterocycles. The van der Waals surface area contributed by atoms with E-state index in [4.69, 9.17) is 0 Å². The van der Waals surface area contributed by atoms with Crippen molar-refractivity contribution in [2.45, 2.75) is 38.0 Å². The van der Waals surface area contributed by atoms with Crippen molar-refractivity contribution in [1.82, 2.24) is 10.2 Å². The lowest BCUT2D eigenvalue weighted by Gasteiger charge is -2.38. The molecule has 0 saturated carbocycles. The number of nitrogens with zero attached hydrogens (tertiary/aromatic N) is 1. The van der Waals surface area contributed by atoms with E-state index in [1.165, 1.54) is 0 Å². The first-order chi connectivity index (χ1) is 8.97. The molecule has 120 valence electrons. The predicted octanol–water partition coefficient (Wildman–Crippen LogP) is 2.04. The largest absolute Gasteiger partial charge is 0.414 e. The minimum Gasteiger partial charge on any atom is -0.383 e. The fraction of sp³-hybridized carbons (Fsp3) is 1.00. The summed E-state index contributed by atoms with van der Waals surface area (Å²) in [7, 11) is 0. The van der Waals surface area contributed by atoms with E-state index in [-0.39, 0.29) is 12.4 Å². The second-order valence-corrected chi connectivity index (χ2v) is 5.86. The van der Waals surface area contributed by atoms with E-state index in [0.717, 1.165) is 45.4 Å². The quantitative estimate of drug-likeness (QED) is 0.836. The maximum atomic E-state index is 12.5. The maximum Gasteiger partial charge on any atom is 0.414 e. The van der Waals surface area contributed by atoms with Crippen LogP contribution < -0.4 is 5.32 Å². The standard InChI is InChI=1S/C13H23F3N2O.ClH/c14-13(15,16)12(19)11-4-2-6-18(9-11)8-10-3-1-5-17-7-10;/h10-12,17,19H,1-9H2;1H. The molecule has 2 fully saturated rings. The first kappa shape index (κ1) is 18.0. The highest BCUT2D eigenvalue weighted by Gasteiger charge is 2.44. The number of halogens is 4. The van der Waals surface area contributed by atoms with Gasteiger partial charge in [-0.3, -0.25) is 0 Å². The number of likely N-dealkylation sites (tertiary alicyclic amines) is 1. The van der Waals surface area contributed by atoms with E-state index in [1.807, 2.05) is 0 Å². The highest BCUT2D eigenvalue weighted by atomic mass is 35.5. The number of hydrogen-bond acceptors (Lipinski definition) is 3. The number of piperidine rings is 2. The minimum absolute atomic E-state index is 0. The first-order valence-corrected chi connectivity index (χ1v) is 7.14. The molecule has 20 heavy (non-hydrogen) atoms. The molecule has 2 heterocycles. The van der Waals surface area contributed by atoms with Crippen molar-refractivity contribution in [3.63, 3.8) is 0 Å². The highest BCUT2D eigenvalue weighted by molar-refractivity contribution is 5.85. The van der Waals surface area contributed by atoms with Gasteiger partial charge in [0.1, 0.15) is 0 Å². The van der Waals surface area contributed by atoms with E-state index in [1.54, 1.807) is 0 Å². The number of alkyl halides is 3. The van der Waals surface area contributed by atoms with Crippen LogP contribution in [0.5, 0.6) is 0 Å². The van der Waals surface area contributed by atoms with Crippen LogP contribution in [0, 0.1) is 11.8 Å². The molecule has 3 nitrogen and oxygen atoms in total. The molecule has 3 atom stereocenters. The molecule has 0 aromatic rings. The fourth-order valence-electron chi connectivity index (χ4n) is 3.23. The number of hydrogen-bond donors (Lipinski definition) is 2. The van der Waals surface area contributed by atoms with E-state index in [2.05, 4.69) is 10.2 Å². The number of aliphatic hydroxyl groups is 1. The zero-order chi connectivity index (χ0) is 13.9. The molecule has 0 aromatic carbocycles. The maximum absolute atomic E-state index is 12.5. The second kappa shape index (κ2) is 7.82. The van der Waals surface area contributed by atoms with Gasteiger partial charge in [-0.15, -0.1) is 12.4 Å². The third-order valence-corrected chi connectivity index (χ3v) is 4.24. The molecule has 0 amide bonds. The summed E-state index contributed by atoms with van der Waals surface area (Å²) in [4.78, 5) is 2.10.